The number of non-ortho nitro benzene ring substituents is 1. The third kappa shape index (κ3) is 3.90. The van der Waals surface area contributed by atoms with Gasteiger partial charge in [-0.2, -0.15) is 0 Å². The maximum atomic E-state index is 11.9. The van der Waals surface area contributed by atoms with E-state index in [9.17, 15) is 14.9 Å². The van der Waals surface area contributed by atoms with Gasteiger partial charge in [-0.25, -0.2) is 0 Å². The number of nitrogens with two attached hydrogens (primary N) is 1. The smallest absolute Gasteiger partial charge is 0.271 e. The minimum atomic E-state index is -0.709. The monoisotopic (exact) mass is 285 g/mol. The molecule has 0 aliphatic carbocycles. The molecule has 1 aromatic carbocycles. The molecule has 0 bridgehead atoms. The van der Waals surface area contributed by atoms with Crippen LogP contribution in [-0.2, 0) is 4.79 Å². The Morgan fingerprint density at radius 1 is 1.47 bits per heavy atom. The summed E-state index contributed by atoms with van der Waals surface area (Å²) in [7, 11) is 0. The Labute approximate surface area is 116 Å². The predicted octanol–water partition coefficient (Wildman–Crippen LogP) is 2.56. The summed E-state index contributed by atoms with van der Waals surface area (Å²) in [5, 5.41) is 13.2. The molecule has 0 spiro atoms. The summed E-state index contributed by atoms with van der Waals surface area (Å²) in [5.74, 6) is -0.386. The first kappa shape index (κ1) is 15.4. The number of nitro groups is 1. The zero-order valence-corrected chi connectivity index (χ0v) is 11.7. The van der Waals surface area contributed by atoms with Crippen molar-refractivity contribution in [2.45, 2.75) is 26.8 Å². The molecular weight excluding hydrogens is 270 g/mol. The Morgan fingerprint density at radius 3 is 2.47 bits per heavy atom. The van der Waals surface area contributed by atoms with Gasteiger partial charge in [0.15, 0.2) is 0 Å². The van der Waals surface area contributed by atoms with Crippen molar-refractivity contribution in [1.29, 1.82) is 0 Å². The molecule has 1 rings (SSSR count). The van der Waals surface area contributed by atoms with Crippen LogP contribution in [0.3, 0.4) is 0 Å². The number of carbonyl (C=O) groups is 1. The first-order valence-electron chi connectivity index (χ1n) is 5.63. The van der Waals surface area contributed by atoms with Crippen molar-refractivity contribution >= 4 is 28.9 Å². The highest BCUT2D eigenvalue weighted by molar-refractivity contribution is 6.34. The van der Waals surface area contributed by atoms with Crippen LogP contribution in [0.15, 0.2) is 18.2 Å². The average Bonchev–Trinajstić information content (AvgIpc) is 2.29. The Balaban J connectivity index is 2.89. The third-order valence-corrected chi connectivity index (χ3v) is 2.95. The Kier molecular flexibility index (Phi) is 4.49. The molecule has 3 N–H and O–H groups in total. The minimum absolute atomic E-state index is 0.101. The van der Waals surface area contributed by atoms with E-state index in [0.717, 1.165) is 0 Å². The van der Waals surface area contributed by atoms with E-state index in [2.05, 4.69) is 5.32 Å². The molecule has 7 heteroatoms. The molecule has 1 aromatic rings. The number of nitrogens with zero attached hydrogens (tertiary/aromatic N) is 1. The first-order valence-corrected chi connectivity index (χ1v) is 6.01. The Morgan fingerprint density at radius 2 is 2.05 bits per heavy atom. The number of amides is 1. The lowest BCUT2D eigenvalue weighted by Gasteiger charge is -2.25. The molecule has 19 heavy (non-hydrogen) atoms. The lowest BCUT2D eigenvalue weighted by molar-refractivity contribution is -0.384. The fourth-order valence-corrected chi connectivity index (χ4v) is 1.54. The highest BCUT2D eigenvalue weighted by Gasteiger charge is 2.27. The summed E-state index contributed by atoms with van der Waals surface area (Å²) in [4.78, 5) is 21.9. The predicted molar refractivity (Wildman–Crippen MR) is 74.2 cm³/mol. The van der Waals surface area contributed by atoms with Crippen molar-refractivity contribution < 1.29 is 9.72 Å². The number of halogens is 1. The van der Waals surface area contributed by atoms with Gasteiger partial charge in [-0.15, -0.1) is 0 Å². The summed E-state index contributed by atoms with van der Waals surface area (Å²) in [6.45, 7) is 5.53. The van der Waals surface area contributed by atoms with Gasteiger partial charge in [-0.1, -0.05) is 32.4 Å². The lowest BCUT2D eigenvalue weighted by atomic mass is 9.87. The van der Waals surface area contributed by atoms with E-state index in [1.807, 2.05) is 20.8 Å². The second kappa shape index (κ2) is 5.54. The number of carbonyl (C=O) groups excluding carboxylic acids is 1. The molecule has 0 heterocycles. The molecule has 0 saturated carbocycles. The summed E-state index contributed by atoms with van der Waals surface area (Å²) < 4.78 is 0. The zero-order valence-electron chi connectivity index (χ0n) is 10.9. The van der Waals surface area contributed by atoms with Crippen LogP contribution < -0.4 is 11.1 Å². The highest BCUT2D eigenvalue weighted by Crippen LogP contribution is 2.27. The van der Waals surface area contributed by atoms with Gasteiger partial charge in [0.25, 0.3) is 5.69 Å². The summed E-state index contributed by atoms with van der Waals surface area (Å²) in [6, 6.07) is 3.12. The van der Waals surface area contributed by atoms with Crippen LogP contribution in [0, 0.1) is 15.5 Å². The van der Waals surface area contributed by atoms with Gasteiger partial charge in [-0.3, -0.25) is 14.9 Å². The average molecular weight is 286 g/mol. The van der Waals surface area contributed by atoms with Crippen molar-refractivity contribution in [2.24, 2.45) is 11.1 Å². The second-order valence-corrected chi connectivity index (χ2v) is 5.66. The number of nitrogens with one attached hydrogen (secondary N) is 1. The summed E-state index contributed by atoms with van der Waals surface area (Å²) in [5.41, 5.74) is 5.58. The van der Waals surface area contributed by atoms with Crippen molar-refractivity contribution in [3.63, 3.8) is 0 Å². The van der Waals surface area contributed by atoms with E-state index < -0.39 is 16.4 Å². The number of hydrogen-bond acceptors (Lipinski definition) is 4. The van der Waals surface area contributed by atoms with Crippen LogP contribution in [0.4, 0.5) is 11.4 Å². The van der Waals surface area contributed by atoms with E-state index in [4.69, 9.17) is 17.3 Å². The van der Waals surface area contributed by atoms with Gasteiger partial charge in [0.1, 0.15) is 0 Å². The van der Waals surface area contributed by atoms with Crippen molar-refractivity contribution in [3.05, 3.63) is 33.3 Å². The molecular formula is C12H16ClN3O3. The standard InChI is InChI=1S/C12H16ClN3O3/c1-12(2,3)10(14)11(17)15-9-5-4-7(16(18)19)6-8(9)13/h4-6,10H,14H2,1-3H3,(H,15,17). The van der Waals surface area contributed by atoms with Crippen molar-refractivity contribution in [1.82, 2.24) is 0 Å². The third-order valence-electron chi connectivity index (χ3n) is 2.64. The fraction of sp³-hybridized carbons (Fsp3) is 0.417. The molecule has 0 saturated heterocycles. The van der Waals surface area contributed by atoms with Crippen LogP contribution in [0.25, 0.3) is 0 Å². The quantitative estimate of drug-likeness (QED) is 0.658. The number of nitro benzene ring substituents is 1. The van der Waals surface area contributed by atoms with E-state index >= 15 is 0 Å². The van der Waals surface area contributed by atoms with Crippen molar-refractivity contribution in [3.8, 4) is 0 Å². The molecule has 6 nitrogen and oxygen atoms in total. The topological polar surface area (TPSA) is 98.3 Å². The SMILES string of the molecule is CC(C)(C)C(N)C(=O)Nc1ccc([N+](=O)[O-])cc1Cl. The largest absolute Gasteiger partial charge is 0.323 e. The summed E-state index contributed by atoms with van der Waals surface area (Å²) >= 11 is 5.88. The van der Waals surface area contributed by atoms with E-state index in [1.165, 1.54) is 18.2 Å². The molecule has 1 atom stereocenters. The van der Waals surface area contributed by atoms with Crippen LogP contribution >= 0.6 is 11.6 Å². The van der Waals surface area contributed by atoms with E-state index in [0.29, 0.717) is 5.69 Å². The van der Waals surface area contributed by atoms with Gasteiger partial charge in [-0.05, 0) is 11.5 Å². The van der Waals surface area contributed by atoms with Crippen molar-refractivity contribution in [2.75, 3.05) is 5.32 Å². The number of hydrogen-bond donors (Lipinski definition) is 2. The van der Waals surface area contributed by atoms with Gasteiger partial charge >= 0.3 is 0 Å². The fourth-order valence-electron chi connectivity index (χ4n) is 1.32. The van der Waals surface area contributed by atoms with Crippen LogP contribution in [-0.4, -0.2) is 16.9 Å². The lowest BCUT2D eigenvalue weighted by Crippen LogP contribution is -2.45. The molecule has 1 amide bonds. The number of rotatable bonds is 3. The highest BCUT2D eigenvalue weighted by atomic mass is 35.5. The van der Waals surface area contributed by atoms with E-state index in [1.54, 1.807) is 0 Å². The minimum Gasteiger partial charge on any atom is -0.323 e. The molecule has 0 aliphatic rings. The second-order valence-electron chi connectivity index (χ2n) is 5.25. The summed E-state index contributed by atoms with van der Waals surface area (Å²) in [6.07, 6.45) is 0. The van der Waals surface area contributed by atoms with E-state index in [-0.39, 0.29) is 16.6 Å². The normalized spacial score (nSPS) is 12.9. The van der Waals surface area contributed by atoms with Gasteiger partial charge < -0.3 is 11.1 Å². The maximum Gasteiger partial charge on any atom is 0.271 e. The zero-order chi connectivity index (χ0) is 14.8. The van der Waals surface area contributed by atoms with Gasteiger partial charge in [0.05, 0.1) is 21.7 Å². The molecule has 104 valence electrons. The van der Waals surface area contributed by atoms with Crippen LogP contribution in [0.5, 0.6) is 0 Å². The maximum absolute atomic E-state index is 11.9. The Hall–Kier alpha value is -1.66. The molecule has 1 unspecified atom stereocenters. The number of anilines is 1. The molecule has 0 aromatic heterocycles. The van der Waals surface area contributed by atoms with Crippen LogP contribution in [0.2, 0.25) is 5.02 Å². The first-order chi connectivity index (χ1) is 8.62. The van der Waals surface area contributed by atoms with Crippen LogP contribution in [0.1, 0.15) is 20.8 Å². The molecule has 0 radical (unpaired) electrons. The van der Waals surface area contributed by atoms with Gasteiger partial charge in [0.2, 0.25) is 5.91 Å². The van der Waals surface area contributed by atoms with Gasteiger partial charge in [0, 0.05) is 12.1 Å². The molecule has 0 aliphatic heterocycles. The molecule has 0 fully saturated rings. The number of benzene rings is 1. The Bertz CT molecular complexity index is 511.